The predicted molar refractivity (Wildman–Crippen MR) is 182 cm³/mol. The Morgan fingerprint density at radius 2 is 2.02 bits per heavy atom. The maximum Gasteiger partial charge on any atom is 0.324 e. The zero-order valence-electron chi connectivity index (χ0n) is 26.3. The van der Waals surface area contributed by atoms with Gasteiger partial charge in [-0.05, 0) is 53.8 Å². The third-order valence-corrected chi connectivity index (χ3v) is 9.23. The van der Waals surface area contributed by atoms with Crippen LogP contribution in [0.5, 0.6) is 0 Å². The summed E-state index contributed by atoms with van der Waals surface area (Å²) in [6.07, 6.45) is 6.12. The summed E-state index contributed by atoms with van der Waals surface area (Å²) in [6, 6.07) is 14.0. The average Bonchev–Trinajstić information content (AvgIpc) is 3.59. The number of benzene rings is 2. The molecular formula is C35H47N6OS+. The van der Waals surface area contributed by atoms with Crippen LogP contribution in [-0.2, 0) is 19.5 Å². The molecule has 4 N–H and O–H groups in total. The SMILES string of the molecule is C=CSC(=C(C)C)c1ccc(CN=C(N)C2CCC[N+]2=CC(NC(=O)N2Cc3ccccc3C2=N)C(C)C)c(CCC)c1. The van der Waals surface area contributed by atoms with E-state index in [1.165, 1.54) is 32.1 Å². The second-order valence-corrected chi connectivity index (χ2v) is 12.9. The van der Waals surface area contributed by atoms with Crippen LogP contribution in [0.1, 0.15) is 81.7 Å². The molecular weight excluding hydrogens is 552 g/mol. The van der Waals surface area contributed by atoms with E-state index in [9.17, 15) is 4.79 Å². The van der Waals surface area contributed by atoms with Gasteiger partial charge in [-0.25, -0.2) is 9.37 Å². The van der Waals surface area contributed by atoms with Crippen LogP contribution in [0.15, 0.2) is 65.0 Å². The first-order valence-electron chi connectivity index (χ1n) is 15.4. The molecule has 0 saturated carbocycles. The van der Waals surface area contributed by atoms with E-state index in [1.54, 1.807) is 11.8 Å². The van der Waals surface area contributed by atoms with E-state index < -0.39 is 0 Å². The molecule has 228 valence electrons. The molecule has 1 fully saturated rings. The largest absolute Gasteiger partial charge is 0.382 e. The second kappa shape index (κ2) is 14.7. The van der Waals surface area contributed by atoms with E-state index >= 15 is 0 Å². The van der Waals surface area contributed by atoms with Crippen LogP contribution in [0.4, 0.5) is 4.79 Å². The van der Waals surface area contributed by atoms with E-state index in [0.717, 1.165) is 43.4 Å². The molecule has 4 rings (SSSR count). The van der Waals surface area contributed by atoms with Gasteiger partial charge in [0, 0.05) is 23.3 Å². The number of amides is 2. The molecule has 0 spiro atoms. The Balaban J connectivity index is 1.49. The van der Waals surface area contributed by atoms with E-state index in [2.05, 4.69) is 75.5 Å². The van der Waals surface area contributed by atoms with Crippen molar-refractivity contribution < 1.29 is 9.37 Å². The maximum atomic E-state index is 13.3. The van der Waals surface area contributed by atoms with Crippen molar-refractivity contribution in [1.29, 1.82) is 5.41 Å². The highest BCUT2D eigenvalue weighted by Crippen LogP contribution is 2.33. The Morgan fingerprint density at radius 1 is 1.26 bits per heavy atom. The van der Waals surface area contributed by atoms with E-state index in [0.29, 0.717) is 18.9 Å². The Morgan fingerprint density at radius 3 is 2.70 bits per heavy atom. The first-order chi connectivity index (χ1) is 20.6. The molecule has 1 saturated heterocycles. The van der Waals surface area contributed by atoms with Crippen LogP contribution in [-0.4, -0.2) is 52.0 Å². The summed E-state index contributed by atoms with van der Waals surface area (Å²) in [6.45, 7) is 16.4. The highest BCUT2D eigenvalue weighted by atomic mass is 32.2. The number of amidine groups is 2. The number of rotatable bonds is 11. The van der Waals surface area contributed by atoms with Gasteiger partial charge in [0.05, 0.1) is 13.1 Å². The fraction of sp³-hybridized carbons (Fsp3) is 0.429. The molecule has 2 aromatic carbocycles. The lowest BCUT2D eigenvalue weighted by atomic mass is 9.99. The molecule has 2 aromatic rings. The molecule has 8 heteroatoms. The molecule has 2 atom stereocenters. The molecule has 0 aromatic heterocycles. The van der Waals surface area contributed by atoms with Gasteiger partial charge in [-0.3, -0.25) is 15.3 Å². The van der Waals surface area contributed by atoms with Crippen molar-refractivity contribution in [1.82, 2.24) is 10.2 Å². The number of aryl methyl sites for hydroxylation is 1. The summed E-state index contributed by atoms with van der Waals surface area (Å²) in [5.41, 5.74) is 13.5. The number of thioether (sulfide) groups is 1. The average molecular weight is 600 g/mol. The van der Waals surface area contributed by atoms with Gasteiger partial charge in [0.15, 0.2) is 12.1 Å². The minimum absolute atomic E-state index is 0.00246. The van der Waals surface area contributed by atoms with E-state index in [4.69, 9.17) is 16.1 Å². The Bertz CT molecular complexity index is 1450. The molecule has 43 heavy (non-hydrogen) atoms. The number of nitrogens with zero attached hydrogens (tertiary/aromatic N) is 3. The summed E-state index contributed by atoms with van der Waals surface area (Å²) in [5.74, 6) is 1.05. The molecule has 0 radical (unpaired) electrons. The van der Waals surface area contributed by atoms with Crippen LogP contribution >= 0.6 is 11.8 Å². The number of urea groups is 1. The normalized spacial score (nSPS) is 18.2. The van der Waals surface area contributed by atoms with Crippen molar-refractivity contribution in [3.8, 4) is 0 Å². The predicted octanol–water partition coefficient (Wildman–Crippen LogP) is 6.94. The van der Waals surface area contributed by atoms with Crippen molar-refractivity contribution in [3.05, 3.63) is 87.8 Å². The van der Waals surface area contributed by atoms with Gasteiger partial charge >= 0.3 is 6.03 Å². The number of nitrogens with two attached hydrogens (primary N) is 1. The van der Waals surface area contributed by atoms with Crippen molar-refractivity contribution in [2.45, 2.75) is 85.5 Å². The number of carbonyl (C=O) groups excluding carboxylic acids is 1. The van der Waals surface area contributed by atoms with Gasteiger partial charge in [0.2, 0.25) is 6.04 Å². The molecule has 2 aliphatic rings. The molecule has 7 nitrogen and oxygen atoms in total. The monoisotopic (exact) mass is 599 g/mol. The van der Waals surface area contributed by atoms with E-state index in [1.807, 2.05) is 29.7 Å². The lowest BCUT2D eigenvalue weighted by molar-refractivity contribution is -0.523. The third-order valence-electron chi connectivity index (χ3n) is 8.19. The van der Waals surface area contributed by atoms with Crippen LogP contribution in [0, 0.1) is 11.3 Å². The lowest BCUT2D eigenvalue weighted by Crippen LogP contribution is -2.49. The fourth-order valence-electron chi connectivity index (χ4n) is 5.81. The molecule has 2 unspecified atom stereocenters. The zero-order valence-corrected chi connectivity index (χ0v) is 27.1. The summed E-state index contributed by atoms with van der Waals surface area (Å²) in [7, 11) is 0. The molecule has 2 heterocycles. The highest BCUT2D eigenvalue weighted by Gasteiger charge is 2.34. The Kier molecular flexibility index (Phi) is 11.0. The topological polar surface area (TPSA) is 97.6 Å². The highest BCUT2D eigenvalue weighted by molar-refractivity contribution is 8.10. The third kappa shape index (κ3) is 7.66. The Hall–Kier alpha value is -3.65. The summed E-state index contributed by atoms with van der Waals surface area (Å²) < 4.78 is 2.25. The van der Waals surface area contributed by atoms with Gasteiger partial charge in [-0.1, -0.05) is 93.6 Å². The van der Waals surface area contributed by atoms with Crippen molar-refractivity contribution in [3.63, 3.8) is 0 Å². The number of hydrogen-bond acceptors (Lipinski definition) is 4. The molecule has 0 bridgehead atoms. The van der Waals surface area contributed by atoms with Crippen molar-refractivity contribution in [2.75, 3.05) is 6.54 Å². The van der Waals surface area contributed by atoms with Crippen LogP contribution in [0.25, 0.3) is 4.91 Å². The number of hydrogen-bond donors (Lipinski definition) is 3. The maximum absolute atomic E-state index is 13.3. The van der Waals surface area contributed by atoms with E-state index in [-0.39, 0.29) is 29.9 Å². The lowest BCUT2D eigenvalue weighted by Gasteiger charge is -2.22. The van der Waals surface area contributed by atoms with Crippen molar-refractivity contribution in [2.24, 2.45) is 16.6 Å². The first-order valence-corrected chi connectivity index (χ1v) is 16.2. The molecule has 0 aliphatic carbocycles. The minimum Gasteiger partial charge on any atom is -0.382 e. The smallest absolute Gasteiger partial charge is 0.324 e. The number of aliphatic imine (C=N–C) groups is 1. The summed E-state index contributed by atoms with van der Waals surface area (Å²) >= 11 is 1.67. The van der Waals surface area contributed by atoms with Crippen LogP contribution in [0.3, 0.4) is 0 Å². The van der Waals surface area contributed by atoms with Gasteiger partial charge in [0.25, 0.3) is 0 Å². The molecule has 2 aliphatic heterocycles. The second-order valence-electron chi connectivity index (χ2n) is 11.9. The van der Waals surface area contributed by atoms with Crippen LogP contribution < -0.4 is 11.1 Å². The zero-order chi connectivity index (χ0) is 31.1. The standard InChI is InChI=1S/C35H46N6OS/c1-7-12-25-19-26(32(24(5)6)43-8-2)16-17-27(25)20-38-33(36)31-15-11-18-40(31)22-30(23(3)4)39-35(42)41-21-28-13-9-10-14-29(28)34(41)37/h8-10,13-14,16-17,19,22-23,30-31,37H,2,7,11-12,15,18,20-21H2,1,3-6H3,(H2-,36,38,39,42)/p+1. The number of nitrogens with one attached hydrogen (secondary N) is 2. The van der Waals surface area contributed by atoms with Gasteiger partial charge in [0.1, 0.15) is 18.4 Å². The van der Waals surface area contributed by atoms with Crippen molar-refractivity contribution >= 4 is 40.6 Å². The first kappa shape index (κ1) is 32.3. The minimum atomic E-state index is -0.247. The van der Waals surface area contributed by atoms with Gasteiger partial charge < -0.3 is 11.1 Å². The summed E-state index contributed by atoms with van der Waals surface area (Å²) in [4.78, 5) is 21.0. The fourth-order valence-corrected chi connectivity index (χ4v) is 6.47. The molecule has 2 amide bonds. The number of allylic oxidation sites excluding steroid dienone is 1. The number of fused-ring (bicyclic) bond motifs is 1. The van der Waals surface area contributed by atoms with Crippen LogP contribution in [0.2, 0.25) is 0 Å². The van der Waals surface area contributed by atoms with Gasteiger partial charge in [-0.15, -0.1) is 0 Å². The number of carbonyl (C=O) groups is 1. The Labute approximate surface area is 261 Å². The van der Waals surface area contributed by atoms with Gasteiger partial charge in [-0.2, -0.15) is 0 Å². The summed E-state index contributed by atoms with van der Waals surface area (Å²) in [5, 5.41) is 13.6. The quantitative estimate of drug-likeness (QED) is 0.148.